The Kier molecular flexibility index (Phi) is 3.80. The molecule has 84 valence electrons. The van der Waals surface area contributed by atoms with Crippen LogP contribution in [0.15, 0.2) is 22.8 Å². The Bertz CT molecular complexity index is 267. The molecule has 0 amide bonds. The van der Waals surface area contributed by atoms with Crippen LogP contribution < -0.4 is 5.32 Å². The van der Waals surface area contributed by atoms with E-state index in [1.54, 1.807) is 6.26 Å². The highest BCUT2D eigenvalue weighted by atomic mass is 16.5. The van der Waals surface area contributed by atoms with Crippen LogP contribution in [0.3, 0.4) is 0 Å². The van der Waals surface area contributed by atoms with Crippen LogP contribution in [0, 0.1) is 0 Å². The van der Waals surface area contributed by atoms with Gasteiger partial charge in [0.1, 0.15) is 12.4 Å². The molecule has 1 aromatic heterocycles. The Labute approximate surface area is 90.8 Å². The zero-order valence-electron chi connectivity index (χ0n) is 9.24. The number of ether oxygens (including phenoxy) is 1. The lowest BCUT2D eigenvalue weighted by Gasteiger charge is -2.12. The zero-order chi connectivity index (χ0) is 10.5. The fourth-order valence-electron chi connectivity index (χ4n) is 1.48. The van der Waals surface area contributed by atoms with Gasteiger partial charge in [-0.2, -0.15) is 0 Å². The molecule has 1 heterocycles. The molecule has 1 fully saturated rings. The third-order valence-corrected chi connectivity index (χ3v) is 2.65. The molecule has 0 aliphatic heterocycles. The molecule has 1 aromatic rings. The Morgan fingerprint density at radius 1 is 1.60 bits per heavy atom. The van der Waals surface area contributed by atoms with Crippen molar-refractivity contribution in [1.82, 2.24) is 5.32 Å². The molecule has 3 nitrogen and oxygen atoms in total. The van der Waals surface area contributed by atoms with E-state index in [2.05, 4.69) is 12.2 Å². The van der Waals surface area contributed by atoms with Gasteiger partial charge in [-0.25, -0.2) is 0 Å². The number of hydrogen-bond donors (Lipinski definition) is 1. The Morgan fingerprint density at radius 3 is 3.13 bits per heavy atom. The molecule has 0 spiro atoms. The summed E-state index contributed by atoms with van der Waals surface area (Å²) in [6.07, 6.45) is 5.74. The maximum absolute atomic E-state index is 5.65. The molecular formula is C12H19NO2. The lowest BCUT2D eigenvalue weighted by molar-refractivity contribution is 0.0378. The molecule has 1 unspecified atom stereocenters. The van der Waals surface area contributed by atoms with Crippen LogP contribution in [0.4, 0.5) is 0 Å². The minimum absolute atomic E-state index is 0.293. The molecule has 1 saturated carbocycles. The van der Waals surface area contributed by atoms with E-state index in [1.807, 2.05) is 12.1 Å². The van der Waals surface area contributed by atoms with E-state index in [1.165, 1.54) is 12.8 Å². The maximum atomic E-state index is 5.65. The second-order valence-electron chi connectivity index (χ2n) is 4.22. The van der Waals surface area contributed by atoms with E-state index in [0.29, 0.717) is 12.7 Å². The SMILES string of the molecule is CC(CCNC1CC1)OCc1ccco1. The average molecular weight is 209 g/mol. The van der Waals surface area contributed by atoms with Gasteiger partial charge in [-0.3, -0.25) is 0 Å². The Morgan fingerprint density at radius 2 is 2.47 bits per heavy atom. The average Bonchev–Trinajstić information content (AvgIpc) is 2.91. The normalized spacial score (nSPS) is 17.9. The molecular weight excluding hydrogens is 190 g/mol. The fourth-order valence-corrected chi connectivity index (χ4v) is 1.48. The highest BCUT2D eigenvalue weighted by molar-refractivity contribution is 4.96. The van der Waals surface area contributed by atoms with E-state index < -0.39 is 0 Å². The quantitative estimate of drug-likeness (QED) is 0.748. The summed E-state index contributed by atoms with van der Waals surface area (Å²) in [5.74, 6) is 0.900. The van der Waals surface area contributed by atoms with Gasteiger partial charge in [0.15, 0.2) is 0 Å². The Hall–Kier alpha value is -0.800. The van der Waals surface area contributed by atoms with E-state index in [0.717, 1.165) is 24.8 Å². The van der Waals surface area contributed by atoms with Gasteiger partial charge >= 0.3 is 0 Å². The third kappa shape index (κ3) is 4.06. The molecule has 3 heteroatoms. The number of furan rings is 1. The maximum Gasteiger partial charge on any atom is 0.129 e. The molecule has 15 heavy (non-hydrogen) atoms. The number of rotatable bonds is 7. The van der Waals surface area contributed by atoms with Gasteiger partial charge in [0.05, 0.1) is 12.4 Å². The highest BCUT2D eigenvalue weighted by Gasteiger charge is 2.19. The van der Waals surface area contributed by atoms with Gasteiger partial charge in [0.2, 0.25) is 0 Å². The summed E-state index contributed by atoms with van der Waals surface area (Å²) >= 11 is 0. The van der Waals surface area contributed by atoms with Crippen molar-refractivity contribution in [2.24, 2.45) is 0 Å². The molecule has 1 N–H and O–H groups in total. The molecule has 0 aromatic carbocycles. The summed E-state index contributed by atoms with van der Waals surface area (Å²) < 4.78 is 10.9. The number of hydrogen-bond acceptors (Lipinski definition) is 3. The predicted molar refractivity (Wildman–Crippen MR) is 58.6 cm³/mol. The second-order valence-corrected chi connectivity index (χ2v) is 4.22. The van der Waals surface area contributed by atoms with E-state index >= 15 is 0 Å². The first-order chi connectivity index (χ1) is 7.34. The van der Waals surface area contributed by atoms with E-state index in [9.17, 15) is 0 Å². The van der Waals surface area contributed by atoms with Gasteiger partial charge in [0, 0.05) is 6.04 Å². The molecule has 1 aliphatic carbocycles. The first-order valence-electron chi connectivity index (χ1n) is 5.72. The van der Waals surface area contributed by atoms with Crippen LogP contribution in [-0.4, -0.2) is 18.7 Å². The van der Waals surface area contributed by atoms with Gasteiger partial charge in [0.25, 0.3) is 0 Å². The summed E-state index contributed by atoms with van der Waals surface area (Å²) in [5, 5.41) is 3.48. The lowest BCUT2D eigenvalue weighted by atomic mass is 10.3. The molecule has 1 atom stereocenters. The van der Waals surface area contributed by atoms with Gasteiger partial charge in [-0.05, 0) is 44.9 Å². The molecule has 0 radical (unpaired) electrons. The summed E-state index contributed by atoms with van der Waals surface area (Å²) in [5.41, 5.74) is 0. The van der Waals surface area contributed by atoms with Crippen molar-refractivity contribution in [1.29, 1.82) is 0 Å². The second kappa shape index (κ2) is 5.33. The van der Waals surface area contributed by atoms with Crippen molar-refractivity contribution in [2.75, 3.05) is 6.54 Å². The van der Waals surface area contributed by atoms with Crippen LogP contribution in [0.5, 0.6) is 0 Å². The van der Waals surface area contributed by atoms with Gasteiger partial charge in [-0.15, -0.1) is 0 Å². The highest BCUT2D eigenvalue weighted by Crippen LogP contribution is 2.18. The monoisotopic (exact) mass is 209 g/mol. The van der Waals surface area contributed by atoms with Crippen LogP contribution in [0.1, 0.15) is 31.9 Å². The first kappa shape index (κ1) is 10.7. The summed E-state index contributed by atoms with van der Waals surface area (Å²) in [4.78, 5) is 0. The fraction of sp³-hybridized carbons (Fsp3) is 0.667. The topological polar surface area (TPSA) is 34.4 Å². The van der Waals surface area contributed by atoms with Crippen molar-refractivity contribution in [3.05, 3.63) is 24.2 Å². The Balaban J connectivity index is 1.53. The summed E-state index contributed by atoms with van der Waals surface area (Å²) in [6, 6.07) is 4.62. The van der Waals surface area contributed by atoms with Crippen LogP contribution in [0.25, 0.3) is 0 Å². The van der Waals surface area contributed by atoms with Crippen LogP contribution in [0.2, 0.25) is 0 Å². The summed E-state index contributed by atoms with van der Waals surface area (Å²) in [7, 11) is 0. The standard InChI is InChI=1S/C12H19NO2/c1-10(6-7-13-11-4-5-11)15-9-12-3-2-8-14-12/h2-3,8,10-11,13H,4-7,9H2,1H3. The zero-order valence-corrected chi connectivity index (χ0v) is 9.24. The minimum Gasteiger partial charge on any atom is -0.467 e. The van der Waals surface area contributed by atoms with Gasteiger partial charge in [-0.1, -0.05) is 0 Å². The minimum atomic E-state index is 0.293. The van der Waals surface area contributed by atoms with Crippen LogP contribution in [-0.2, 0) is 11.3 Å². The van der Waals surface area contributed by atoms with Crippen molar-refractivity contribution in [3.63, 3.8) is 0 Å². The first-order valence-corrected chi connectivity index (χ1v) is 5.72. The molecule has 0 saturated heterocycles. The van der Waals surface area contributed by atoms with E-state index in [4.69, 9.17) is 9.15 Å². The van der Waals surface area contributed by atoms with Gasteiger partial charge < -0.3 is 14.5 Å². The van der Waals surface area contributed by atoms with Crippen molar-refractivity contribution in [2.45, 2.75) is 44.9 Å². The summed E-state index contributed by atoms with van der Waals surface area (Å²) in [6.45, 7) is 3.75. The smallest absolute Gasteiger partial charge is 0.129 e. The predicted octanol–water partition coefficient (Wildman–Crippen LogP) is 2.33. The molecule has 1 aliphatic rings. The third-order valence-electron chi connectivity index (χ3n) is 2.65. The van der Waals surface area contributed by atoms with Crippen LogP contribution >= 0.6 is 0 Å². The largest absolute Gasteiger partial charge is 0.467 e. The number of nitrogens with one attached hydrogen (secondary N) is 1. The molecule has 2 rings (SSSR count). The van der Waals surface area contributed by atoms with Crippen molar-refractivity contribution in [3.8, 4) is 0 Å². The van der Waals surface area contributed by atoms with E-state index in [-0.39, 0.29) is 0 Å². The van der Waals surface area contributed by atoms with Crippen molar-refractivity contribution >= 4 is 0 Å². The van der Waals surface area contributed by atoms with Crippen molar-refractivity contribution < 1.29 is 9.15 Å². The lowest BCUT2D eigenvalue weighted by Crippen LogP contribution is -2.22. The molecule has 0 bridgehead atoms.